The molecule has 1 aromatic carbocycles. The molecule has 0 radical (unpaired) electrons. The van der Waals surface area contributed by atoms with Gasteiger partial charge in [-0.25, -0.2) is 4.98 Å². The Labute approximate surface area is 155 Å². The van der Waals surface area contributed by atoms with Crippen molar-refractivity contribution < 1.29 is 4.79 Å². The predicted octanol–water partition coefficient (Wildman–Crippen LogP) is 2.77. The summed E-state index contributed by atoms with van der Waals surface area (Å²) in [6, 6.07) is 8.10. The van der Waals surface area contributed by atoms with Crippen LogP contribution in [0.4, 0.5) is 0 Å². The number of carbonyl (C=O) groups excluding carboxylic acids is 1. The molecule has 1 aromatic heterocycles. The fourth-order valence-corrected chi connectivity index (χ4v) is 3.30. The molecule has 134 valence electrons. The van der Waals surface area contributed by atoms with Gasteiger partial charge in [0.05, 0.1) is 11.0 Å². The number of hydrogen-bond donors (Lipinski definition) is 1. The van der Waals surface area contributed by atoms with E-state index in [9.17, 15) is 4.79 Å². The van der Waals surface area contributed by atoms with Crippen LogP contribution in [0, 0.1) is 12.8 Å². The molecule has 2 atom stereocenters. The fraction of sp³-hybridized carbons (Fsp3) is 0.529. The van der Waals surface area contributed by atoms with Gasteiger partial charge in [-0.05, 0) is 44.7 Å². The van der Waals surface area contributed by atoms with E-state index in [1.165, 1.54) is 0 Å². The fourth-order valence-electron chi connectivity index (χ4n) is 3.30. The number of carbonyl (C=O) groups is 1. The van der Waals surface area contributed by atoms with E-state index in [0.29, 0.717) is 12.5 Å². The lowest BCUT2D eigenvalue weighted by Gasteiger charge is -2.34. The highest BCUT2D eigenvalue weighted by Gasteiger charge is 2.26. The second-order valence-corrected chi connectivity index (χ2v) is 6.34. The number of likely N-dealkylation sites (tertiary alicyclic amines) is 1. The second kappa shape index (κ2) is 8.70. The number of piperidine rings is 1. The van der Waals surface area contributed by atoms with Crippen LogP contribution in [0.3, 0.4) is 0 Å². The Hall–Kier alpha value is -1.30. The van der Waals surface area contributed by atoms with E-state index in [-0.39, 0.29) is 36.8 Å². The standard InChI is InChI=1S/C17H24N4O.2ClH/c1-12(18)14-6-5-9-20(10-14)17(22)11-21-13(2)19-15-7-3-4-8-16(15)21;;/h3-4,7-8,12,14H,5-6,9-11,18H2,1-2H3;2*1H. The first-order valence-electron chi connectivity index (χ1n) is 8.01. The van der Waals surface area contributed by atoms with Crippen LogP contribution in [-0.2, 0) is 11.3 Å². The molecule has 3 rings (SSSR count). The largest absolute Gasteiger partial charge is 0.341 e. The number of aromatic nitrogens is 2. The first-order valence-corrected chi connectivity index (χ1v) is 8.01. The molecule has 24 heavy (non-hydrogen) atoms. The molecule has 1 aliphatic rings. The quantitative estimate of drug-likeness (QED) is 0.900. The van der Waals surface area contributed by atoms with Crippen molar-refractivity contribution in [2.45, 2.75) is 39.3 Å². The van der Waals surface area contributed by atoms with Crippen LogP contribution in [0.1, 0.15) is 25.6 Å². The molecule has 1 aliphatic heterocycles. The molecule has 2 unspecified atom stereocenters. The molecule has 7 heteroatoms. The Bertz CT molecular complexity index is 686. The van der Waals surface area contributed by atoms with Gasteiger partial charge >= 0.3 is 0 Å². The molecule has 1 fully saturated rings. The summed E-state index contributed by atoms with van der Waals surface area (Å²) in [7, 11) is 0. The number of benzene rings is 1. The molecule has 0 bridgehead atoms. The molecule has 1 amide bonds. The van der Waals surface area contributed by atoms with Crippen LogP contribution in [0.15, 0.2) is 24.3 Å². The maximum absolute atomic E-state index is 12.7. The number of imidazole rings is 1. The maximum Gasteiger partial charge on any atom is 0.242 e. The highest BCUT2D eigenvalue weighted by Crippen LogP contribution is 2.20. The number of nitrogens with zero attached hydrogens (tertiary/aromatic N) is 3. The van der Waals surface area contributed by atoms with Gasteiger partial charge in [0.2, 0.25) is 5.91 Å². The van der Waals surface area contributed by atoms with Crippen LogP contribution in [-0.4, -0.2) is 39.5 Å². The second-order valence-electron chi connectivity index (χ2n) is 6.34. The van der Waals surface area contributed by atoms with Gasteiger partial charge in [-0.2, -0.15) is 0 Å². The van der Waals surface area contributed by atoms with E-state index in [4.69, 9.17) is 5.73 Å². The van der Waals surface area contributed by atoms with Crippen LogP contribution < -0.4 is 5.73 Å². The van der Waals surface area contributed by atoms with Gasteiger partial charge in [-0.3, -0.25) is 4.79 Å². The Morgan fingerprint density at radius 2 is 2.08 bits per heavy atom. The van der Waals surface area contributed by atoms with Gasteiger partial charge in [-0.15, -0.1) is 24.8 Å². The number of hydrogen-bond acceptors (Lipinski definition) is 3. The number of aryl methyl sites for hydroxylation is 1. The summed E-state index contributed by atoms with van der Waals surface area (Å²) in [6.45, 7) is 5.97. The van der Waals surface area contributed by atoms with Crippen molar-refractivity contribution in [1.82, 2.24) is 14.5 Å². The molecule has 1 saturated heterocycles. The van der Waals surface area contributed by atoms with Crippen LogP contribution in [0.5, 0.6) is 0 Å². The molecule has 2 N–H and O–H groups in total. The predicted molar refractivity (Wildman–Crippen MR) is 102 cm³/mol. The van der Waals surface area contributed by atoms with E-state index >= 15 is 0 Å². The summed E-state index contributed by atoms with van der Waals surface area (Å²) in [5.74, 6) is 1.46. The zero-order valence-electron chi connectivity index (χ0n) is 14.1. The summed E-state index contributed by atoms with van der Waals surface area (Å²) in [6.07, 6.45) is 2.16. The maximum atomic E-state index is 12.7. The Kier molecular flexibility index (Phi) is 7.52. The van der Waals surface area contributed by atoms with Gasteiger partial charge in [0.1, 0.15) is 12.4 Å². The Morgan fingerprint density at radius 3 is 2.79 bits per heavy atom. The average molecular weight is 373 g/mol. The van der Waals surface area contributed by atoms with Crippen molar-refractivity contribution in [3.8, 4) is 0 Å². The first-order chi connectivity index (χ1) is 10.6. The normalized spacial score (nSPS) is 18.6. The third-order valence-electron chi connectivity index (χ3n) is 4.69. The summed E-state index contributed by atoms with van der Waals surface area (Å²) in [4.78, 5) is 19.2. The summed E-state index contributed by atoms with van der Waals surface area (Å²) >= 11 is 0. The average Bonchev–Trinajstić information content (AvgIpc) is 2.83. The van der Waals surface area contributed by atoms with Gasteiger partial charge in [-0.1, -0.05) is 12.1 Å². The van der Waals surface area contributed by atoms with Crippen molar-refractivity contribution in [1.29, 1.82) is 0 Å². The van der Waals surface area contributed by atoms with Crippen LogP contribution in [0.25, 0.3) is 11.0 Å². The van der Waals surface area contributed by atoms with E-state index < -0.39 is 0 Å². The Balaban J connectivity index is 0.00000144. The summed E-state index contributed by atoms with van der Waals surface area (Å²) in [5.41, 5.74) is 7.98. The minimum absolute atomic E-state index is 0. The van der Waals surface area contributed by atoms with Crippen molar-refractivity contribution in [3.05, 3.63) is 30.1 Å². The number of fused-ring (bicyclic) bond motifs is 1. The monoisotopic (exact) mass is 372 g/mol. The highest BCUT2D eigenvalue weighted by atomic mass is 35.5. The minimum Gasteiger partial charge on any atom is -0.341 e. The molecule has 5 nitrogen and oxygen atoms in total. The lowest BCUT2D eigenvalue weighted by Crippen LogP contribution is -2.46. The minimum atomic E-state index is 0. The topological polar surface area (TPSA) is 64.2 Å². The SMILES string of the molecule is Cc1nc2ccccc2n1CC(=O)N1CCCC(C(C)N)C1.Cl.Cl. The molecule has 0 saturated carbocycles. The van der Waals surface area contributed by atoms with Gasteiger partial charge < -0.3 is 15.2 Å². The van der Waals surface area contributed by atoms with Crippen molar-refractivity contribution in [2.24, 2.45) is 11.7 Å². The van der Waals surface area contributed by atoms with Gasteiger partial charge in [0.25, 0.3) is 0 Å². The lowest BCUT2D eigenvalue weighted by molar-refractivity contribution is -0.133. The van der Waals surface area contributed by atoms with E-state index in [0.717, 1.165) is 42.8 Å². The molecule has 2 heterocycles. The molecular weight excluding hydrogens is 347 g/mol. The number of para-hydroxylation sites is 2. The third kappa shape index (κ3) is 4.21. The van der Waals surface area contributed by atoms with Crippen molar-refractivity contribution >= 4 is 41.8 Å². The summed E-state index contributed by atoms with van der Waals surface area (Å²) in [5, 5.41) is 0. The van der Waals surface area contributed by atoms with E-state index in [2.05, 4.69) is 4.98 Å². The van der Waals surface area contributed by atoms with Crippen molar-refractivity contribution in [3.63, 3.8) is 0 Å². The molecule has 0 spiro atoms. The Morgan fingerprint density at radius 1 is 1.38 bits per heavy atom. The first kappa shape index (κ1) is 20.7. The zero-order chi connectivity index (χ0) is 15.7. The zero-order valence-corrected chi connectivity index (χ0v) is 15.8. The number of amides is 1. The third-order valence-corrected chi connectivity index (χ3v) is 4.69. The highest BCUT2D eigenvalue weighted by molar-refractivity contribution is 5.85. The van der Waals surface area contributed by atoms with E-state index in [1.54, 1.807) is 0 Å². The smallest absolute Gasteiger partial charge is 0.242 e. The number of nitrogens with two attached hydrogens (primary N) is 1. The molecular formula is C17H26Cl2N4O. The van der Waals surface area contributed by atoms with E-state index in [1.807, 2.05) is 47.6 Å². The number of rotatable bonds is 3. The lowest BCUT2D eigenvalue weighted by atomic mass is 9.92. The van der Waals surface area contributed by atoms with Crippen LogP contribution >= 0.6 is 24.8 Å². The van der Waals surface area contributed by atoms with Gasteiger partial charge in [0.15, 0.2) is 0 Å². The summed E-state index contributed by atoms with van der Waals surface area (Å²) < 4.78 is 2.01. The molecule has 0 aliphatic carbocycles. The molecule has 2 aromatic rings. The van der Waals surface area contributed by atoms with Crippen LogP contribution in [0.2, 0.25) is 0 Å². The van der Waals surface area contributed by atoms with Gasteiger partial charge in [0, 0.05) is 19.1 Å². The number of halogens is 2. The van der Waals surface area contributed by atoms with Crippen molar-refractivity contribution in [2.75, 3.05) is 13.1 Å².